The van der Waals surface area contributed by atoms with Gasteiger partial charge in [0, 0.05) is 18.7 Å². The van der Waals surface area contributed by atoms with Crippen LogP contribution in [0.25, 0.3) is 5.69 Å². The number of nitrogens with zero attached hydrogens (tertiary/aromatic N) is 4. The molecule has 0 saturated carbocycles. The molecule has 0 aliphatic carbocycles. The van der Waals surface area contributed by atoms with Gasteiger partial charge in [0.15, 0.2) is 5.69 Å². The summed E-state index contributed by atoms with van der Waals surface area (Å²) in [5, 5.41) is 17.4. The number of non-ortho nitro benzene ring substituents is 1. The summed E-state index contributed by atoms with van der Waals surface area (Å²) < 4.78 is 39.4. The van der Waals surface area contributed by atoms with Crippen LogP contribution in [-0.2, 0) is 12.7 Å². The third kappa shape index (κ3) is 2.45. The molecule has 0 atom stereocenters. The minimum Gasteiger partial charge on any atom is -0.325 e. The fraction of sp³-hybridized carbons (Fsp3) is 0.200. The number of aromatic nitrogens is 3. The molecule has 0 aliphatic heterocycles. The van der Waals surface area contributed by atoms with E-state index in [0.29, 0.717) is 4.68 Å². The number of halogens is 3. The molecule has 0 aliphatic rings. The topological polar surface area (TPSA) is 99.9 Å². The molecule has 0 spiro atoms. The van der Waals surface area contributed by atoms with Crippen molar-refractivity contribution in [3.05, 3.63) is 45.8 Å². The van der Waals surface area contributed by atoms with Crippen LogP contribution in [0.4, 0.5) is 18.9 Å². The average Bonchev–Trinajstić information content (AvgIpc) is 2.82. The predicted octanol–water partition coefficient (Wildman–Crippen LogP) is 1.65. The minimum atomic E-state index is -4.72. The van der Waals surface area contributed by atoms with E-state index in [4.69, 9.17) is 5.73 Å². The summed E-state index contributed by atoms with van der Waals surface area (Å²) in [6.07, 6.45) is -4.72. The van der Waals surface area contributed by atoms with Crippen molar-refractivity contribution in [2.24, 2.45) is 5.73 Å². The number of alkyl halides is 3. The predicted molar refractivity (Wildman–Crippen MR) is 60.9 cm³/mol. The summed E-state index contributed by atoms with van der Waals surface area (Å²) in [5.41, 5.74) is 3.17. The second-order valence-electron chi connectivity index (χ2n) is 3.78. The maximum Gasteiger partial charge on any atom is 0.435 e. The molecule has 0 saturated heterocycles. The molecule has 1 aromatic carbocycles. The van der Waals surface area contributed by atoms with Crippen LogP contribution in [0.2, 0.25) is 0 Å². The smallest absolute Gasteiger partial charge is 0.325 e. The van der Waals surface area contributed by atoms with Crippen molar-refractivity contribution in [2.45, 2.75) is 12.7 Å². The summed E-state index contributed by atoms with van der Waals surface area (Å²) in [7, 11) is 0. The lowest BCUT2D eigenvalue weighted by atomic mass is 10.2. The molecule has 7 nitrogen and oxygen atoms in total. The zero-order valence-electron chi connectivity index (χ0n) is 9.83. The van der Waals surface area contributed by atoms with E-state index in [1.54, 1.807) is 0 Å². The van der Waals surface area contributed by atoms with E-state index in [0.717, 1.165) is 12.1 Å². The molecule has 106 valence electrons. The first-order valence-corrected chi connectivity index (χ1v) is 5.31. The van der Waals surface area contributed by atoms with E-state index in [1.807, 2.05) is 0 Å². The first-order valence-electron chi connectivity index (χ1n) is 5.31. The lowest BCUT2D eigenvalue weighted by molar-refractivity contribution is -0.384. The highest BCUT2D eigenvalue weighted by molar-refractivity contribution is 5.44. The average molecular weight is 287 g/mol. The van der Waals surface area contributed by atoms with Crippen molar-refractivity contribution in [3.8, 4) is 5.69 Å². The Morgan fingerprint density at radius 1 is 1.40 bits per heavy atom. The number of nitro groups is 1. The van der Waals surface area contributed by atoms with Crippen LogP contribution in [0.15, 0.2) is 24.3 Å². The van der Waals surface area contributed by atoms with Crippen LogP contribution in [-0.4, -0.2) is 19.9 Å². The zero-order valence-corrected chi connectivity index (χ0v) is 9.83. The van der Waals surface area contributed by atoms with Crippen molar-refractivity contribution in [1.82, 2.24) is 15.0 Å². The third-order valence-corrected chi connectivity index (χ3v) is 2.49. The Balaban J connectivity index is 2.61. The van der Waals surface area contributed by atoms with E-state index >= 15 is 0 Å². The molecular formula is C10H8F3N5O2. The highest BCUT2D eigenvalue weighted by atomic mass is 19.4. The van der Waals surface area contributed by atoms with Crippen molar-refractivity contribution >= 4 is 5.69 Å². The molecule has 2 N–H and O–H groups in total. The Morgan fingerprint density at radius 3 is 2.65 bits per heavy atom. The van der Waals surface area contributed by atoms with Crippen LogP contribution < -0.4 is 5.73 Å². The maximum atomic E-state index is 13.0. The van der Waals surface area contributed by atoms with Crippen molar-refractivity contribution < 1.29 is 18.1 Å². The normalized spacial score (nSPS) is 11.6. The Labute approximate surface area is 110 Å². The quantitative estimate of drug-likeness (QED) is 0.683. The van der Waals surface area contributed by atoms with Gasteiger partial charge in [-0.05, 0) is 6.07 Å². The van der Waals surface area contributed by atoms with Gasteiger partial charge in [0.05, 0.1) is 10.6 Å². The summed E-state index contributed by atoms with van der Waals surface area (Å²) in [6, 6.07) is 4.66. The van der Waals surface area contributed by atoms with Crippen molar-refractivity contribution in [2.75, 3.05) is 0 Å². The summed E-state index contributed by atoms with van der Waals surface area (Å²) in [5.74, 6) is 0. The van der Waals surface area contributed by atoms with Gasteiger partial charge in [-0.25, -0.2) is 4.68 Å². The Kier molecular flexibility index (Phi) is 3.40. The van der Waals surface area contributed by atoms with Crippen LogP contribution in [0.5, 0.6) is 0 Å². The molecular weight excluding hydrogens is 279 g/mol. The third-order valence-electron chi connectivity index (χ3n) is 2.49. The Bertz CT molecular complexity index is 653. The van der Waals surface area contributed by atoms with Gasteiger partial charge in [-0.1, -0.05) is 11.3 Å². The summed E-state index contributed by atoms with van der Waals surface area (Å²) >= 11 is 0. The largest absolute Gasteiger partial charge is 0.435 e. The standard InChI is InChI=1S/C10H8F3N5O2/c11-10(12,13)9-8(5-14)15-16-17(9)6-2-1-3-7(4-6)18(19)20/h1-4H,5,14H2. The number of nitro benzene ring substituents is 1. The molecule has 1 aromatic heterocycles. The van der Waals surface area contributed by atoms with Gasteiger partial charge in [0.2, 0.25) is 0 Å². The lowest BCUT2D eigenvalue weighted by Gasteiger charge is -2.10. The fourth-order valence-corrected chi connectivity index (χ4v) is 1.65. The van der Waals surface area contributed by atoms with E-state index in [9.17, 15) is 23.3 Å². The van der Waals surface area contributed by atoms with Crippen LogP contribution in [0.1, 0.15) is 11.4 Å². The summed E-state index contributed by atoms with van der Waals surface area (Å²) in [6.45, 7) is -0.441. The van der Waals surface area contributed by atoms with Crippen molar-refractivity contribution in [1.29, 1.82) is 0 Å². The number of hydrogen-bond acceptors (Lipinski definition) is 5. The van der Waals surface area contributed by atoms with Crippen LogP contribution >= 0.6 is 0 Å². The first kappa shape index (κ1) is 13.9. The molecule has 0 radical (unpaired) electrons. The van der Waals surface area contributed by atoms with Crippen molar-refractivity contribution in [3.63, 3.8) is 0 Å². The molecule has 0 amide bonds. The Hall–Kier alpha value is -2.49. The fourth-order valence-electron chi connectivity index (χ4n) is 1.65. The van der Waals surface area contributed by atoms with Gasteiger partial charge in [0.1, 0.15) is 5.69 Å². The summed E-state index contributed by atoms with van der Waals surface area (Å²) in [4.78, 5) is 9.93. The number of hydrogen-bond donors (Lipinski definition) is 1. The van der Waals surface area contributed by atoms with E-state index < -0.39 is 29.0 Å². The molecule has 2 aromatic rings. The van der Waals surface area contributed by atoms with E-state index in [2.05, 4.69) is 10.3 Å². The van der Waals surface area contributed by atoms with Gasteiger partial charge in [-0.15, -0.1) is 5.10 Å². The van der Waals surface area contributed by atoms with Gasteiger partial charge in [0.25, 0.3) is 5.69 Å². The highest BCUT2D eigenvalue weighted by Crippen LogP contribution is 2.33. The monoisotopic (exact) mass is 287 g/mol. The van der Waals surface area contributed by atoms with Gasteiger partial charge in [-0.3, -0.25) is 10.1 Å². The molecule has 0 bridgehead atoms. The molecule has 0 unspecified atom stereocenters. The highest BCUT2D eigenvalue weighted by Gasteiger charge is 2.39. The molecule has 20 heavy (non-hydrogen) atoms. The number of nitrogens with two attached hydrogens (primary N) is 1. The molecule has 1 heterocycles. The number of rotatable bonds is 3. The van der Waals surface area contributed by atoms with Crippen LogP contribution in [0, 0.1) is 10.1 Å². The van der Waals surface area contributed by atoms with Gasteiger partial charge < -0.3 is 5.73 Å². The lowest BCUT2D eigenvalue weighted by Crippen LogP contribution is -2.16. The SMILES string of the molecule is NCc1nnn(-c2cccc([N+](=O)[O-])c2)c1C(F)(F)F. The first-order chi connectivity index (χ1) is 9.34. The molecule has 10 heteroatoms. The van der Waals surface area contributed by atoms with E-state index in [-0.39, 0.29) is 11.4 Å². The number of benzene rings is 1. The van der Waals surface area contributed by atoms with Crippen LogP contribution in [0.3, 0.4) is 0 Å². The second-order valence-corrected chi connectivity index (χ2v) is 3.78. The second kappa shape index (κ2) is 4.89. The Morgan fingerprint density at radius 2 is 2.10 bits per heavy atom. The maximum absolute atomic E-state index is 13.0. The van der Waals surface area contributed by atoms with Gasteiger partial charge in [-0.2, -0.15) is 13.2 Å². The molecule has 0 fully saturated rings. The zero-order chi connectivity index (χ0) is 14.9. The molecule has 2 rings (SSSR count). The minimum absolute atomic E-state index is 0.112. The van der Waals surface area contributed by atoms with Gasteiger partial charge >= 0.3 is 6.18 Å². The van der Waals surface area contributed by atoms with E-state index in [1.165, 1.54) is 12.1 Å².